The summed E-state index contributed by atoms with van der Waals surface area (Å²) in [4.78, 5) is 11.3. The van der Waals surface area contributed by atoms with Crippen molar-refractivity contribution in [2.45, 2.75) is 37.6 Å². The number of benzene rings is 1. The lowest BCUT2D eigenvalue weighted by molar-refractivity contribution is 0.0596. The second-order valence-electron chi connectivity index (χ2n) is 4.62. The van der Waals surface area contributed by atoms with E-state index >= 15 is 0 Å². The minimum absolute atomic E-state index is 0.170. The van der Waals surface area contributed by atoms with Gasteiger partial charge >= 0.3 is 5.97 Å². The molecule has 0 atom stereocenters. The molecule has 0 fully saturated rings. The standard InChI is InChI=1S/C14H20FNO4S/c1-5-11(6-2)16(3)21(18,19)13-9-10(15)7-8-12(13)14(17)20-4/h7-9,11H,5-6H2,1-4H3. The van der Waals surface area contributed by atoms with Gasteiger partial charge in [-0.15, -0.1) is 0 Å². The summed E-state index contributed by atoms with van der Waals surface area (Å²) < 4.78 is 44.4. The van der Waals surface area contributed by atoms with Gasteiger partial charge < -0.3 is 4.74 Å². The number of ether oxygens (including phenoxy) is 1. The van der Waals surface area contributed by atoms with E-state index in [4.69, 9.17) is 0 Å². The smallest absolute Gasteiger partial charge is 0.339 e. The van der Waals surface area contributed by atoms with Gasteiger partial charge in [-0.05, 0) is 31.0 Å². The molecule has 0 saturated carbocycles. The number of hydrogen-bond acceptors (Lipinski definition) is 4. The number of halogens is 1. The molecule has 21 heavy (non-hydrogen) atoms. The Morgan fingerprint density at radius 1 is 1.33 bits per heavy atom. The second-order valence-corrected chi connectivity index (χ2v) is 6.59. The summed E-state index contributed by atoms with van der Waals surface area (Å²) in [6.07, 6.45) is 1.24. The molecular formula is C14H20FNO4S. The Balaban J connectivity index is 3.43. The number of sulfonamides is 1. The molecule has 0 aliphatic rings. The van der Waals surface area contributed by atoms with Crippen molar-refractivity contribution in [2.75, 3.05) is 14.2 Å². The third-order valence-corrected chi connectivity index (χ3v) is 5.41. The van der Waals surface area contributed by atoms with Gasteiger partial charge in [-0.3, -0.25) is 0 Å². The highest BCUT2D eigenvalue weighted by molar-refractivity contribution is 7.89. The third kappa shape index (κ3) is 3.59. The van der Waals surface area contributed by atoms with Crippen LogP contribution in [-0.2, 0) is 14.8 Å². The van der Waals surface area contributed by atoms with E-state index in [9.17, 15) is 17.6 Å². The van der Waals surface area contributed by atoms with Crippen LogP contribution in [0.25, 0.3) is 0 Å². The van der Waals surface area contributed by atoms with Crippen molar-refractivity contribution in [1.82, 2.24) is 4.31 Å². The van der Waals surface area contributed by atoms with Gasteiger partial charge in [0.1, 0.15) is 5.82 Å². The lowest BCUT2D eigenvalue weighted by Gasteiger charge is -2.26. The summed E-state index contributed by atoms with van der Waals surface area (Å²) in [5, 5.41) is 0. The molecule has 0 aliphatic heterocycles. The van der Waals surface area contributed by atoms with Crippen LogP contribution in [0.3, 0.4) is 0 Å². The highest BCUT2D eigenvalue weighted by atomic mass is 32.2. The molecule has 0 amide bonds. The Labute approximate surface area is 124 Å². The molecule has 0 bridgehead atoms. The van der Waals surface area contributed by atoms with Crippen LogP contribution in [0.15, 0.2) is 23.1 Å². The molecule has 0 heterocycles. The van der Waals surface area contributed by atoms with Crippen molar-refractivity contribution in [3.63, 3.8) is 0 Å². The predicted octanol–water partition coefficient (Wildman–Crippen LogP) is 2.42. The van der Waals surface area contributed by atoms with Crippen LogP contribution in [0.2, 0.25) is 0 Å². The number of methoxy groups -OCH3 is 1. The summed E-state index contributed by atoms with van der Waals surface area (Å²) in [6.45, 7) is 3.74. The first-order valence-corrected chi connectivity index (χ1v) is 8.09. The van der Waals surface area contributed by atoms with E-state index in [1.165, 1.54) is 11.4 Å². The normalized spacial score (nSPS) is 12.0. The van der Waals surface area contributed by atoms with Gasteiger partial charge in [0.25, 0.3) is 0 Å². The number of hydrogen-bond donors (Lipinski definition) is 0. The Kier molecular flexibility index (Phi) is 5.86. The van der Waals surface area contributed by atoms with Crippen LogP contribution in [0.5, 0.6) is 0 Å². The highest BCUT2D eigenvalue weighted by Gasteiger charge is 2.30. The zero-order valence-corrected chi connectivity index (χ0v) is 13.4. The molecular weight excluding hydrogens is 297 g/mol. The van der Waals surface area contributed by atoms with E-state index in [2.05, 4.69) is 4.74 Å². The Bertz CT molecular complexity index is 611. The van der Waals surface area contributed by atoms with Crippen LogP contribution in [0.4, 0.5) is 4.39 Å². The molecule has 0 spiro atoms. The molecule has 1 rings (SSSR count). The zero-order valence-electron chi connectivity index (χ0n) is 12.6. The van der Waals surface area contributed by atoms with E-state index < -0.39 is 21.8 Å². The molecule has 7 heteroatoms. The fourth-order valence-corrected chi connectivity index (χ4v) is 3.83. The van der Waals surface area contributed by atoms with Crippen molar-refractivity contribution in [3.8, 4) is 0 Å². The minimum atomic E-state index is -3.98. The van der Waals surface area contributed by atoms with Crippen molar-refractivity contribution in [3.05, 3.63) is 29.6 Å². The van der Waals surface area contributed by atoms with E-state index in [0.29, 0.717) is 12.8 Å². The van der Waals surface area contributed by atoms with Gasteiger partial charge in [0.05, 0.1) is 17.6 Å². The van der Waals surface area contributed by atoms with E-state index in [-0.39, 0.29) is 16.5 Å². The Morgan fingerprint density at radius 3 is 2.38 bits per heavy atom. The third-order valence-electron chi connectivity index (χ3n) is 3.46. The van der Waals surface area contributed by atoms with Crippen LogP contribution in [-0.4, -0.2) is 38.9 Å². The maximum atomic E-state index is 13.4. The maximum absolute atomic E-state index is 13.4. The summed E-state index contributed by atoms with van der Waals surface area (Å²) >= 11 is 0. The summed E-state index contributed by atoms with van der Waals surface area (Å²) in [5.41, 5.74) is -0.170. The van der Waals surface area contributed by atoms with Crippen LogP contribution < -0.4 is 0 Å². The number of esters is 1. The van der Waals surface area contributed by atoms with Crippen LogP contribution >= 0.6 is 0 Å². The Morgan fingerprint density at radius 2 is 1.90 bits per heavy atom. The van der Waals surface area contributed by atoms with Crippen molar-refractivity contribution in [1.29, 1.82) is 0 Å². The Hall–Kier alpha value is -1.47. The van der Waals surface area contributed by atoms with E-state index in [0.717, 1.165) is 25.3 Å². The van der Waals surface area contributed by atoms with Crippen LogP contribution in [0, 0.1) is 5.82 Å². The molecule has 1 aromatic carbocycles. The molecule has 1 aromatic rings. The number of carbonyl (C=O) groups is 1. The summed E-state index contributed by atoms with van der Waals surface area (Å²) in [5.74, 6) is -1.54. The number of nitrogens with zero attached hydrogens (tertiary/aromatic N) is 1. The van der Waals surface area contributed by atoms with E-state index in [1.54, 1.807) is 0 Å². The maximum Gasteiger partial charge on any atom is 0.339 e. The molecule has 0 aromatic heterocycles. The molecule has 0 N–H and O–H groups in total. The first kappa shape index (κ1) is 17.6. The molecule has 0 saturated heterocycles. The first-order valence-electron chi connectivity index (χ1n) is 6.65. The number of rotatable bonds is 6. The van der Waals surface area contributed by atoms with Crippen LogP contribution in [0.1, 0.15) is 37.0 Å². The monoisotopic (exact) mass is 317 g/mol. The minimum Gasteiger partial charge on any atom is -0.465 e. The topological polar surface area (TPSA) is 63.7 Å². The van der Waals surface area contributed by atoms with Gasteiger partial charge in [-0.2, -0.15) is 4.31 Å². The van der Waals surface area contributed by atoms with Gasteiger partial charge in [0, 0.05) is 13.1 Å². The van der Waals surface area contributed by atoms with Gasteiger partial charge in [-0.25, -0.2) is 17.6 Å². The SMILES string of the molecule is CCC(CC)N(C)S(=O)(=O)c1cc(F)ccc1C(=O)OC. The molecule has 0 unspecified atom stereocenters. The average Bonchev–Trinajstić information content (AvgIpc) is 2.47. The van der Waals surface area contributed by atoms with Gasteiger partial charge in [0.15, 0.2) is 0 Å². The largest absolute Gasteiger partial charge is 0.465 e. The fraction of sp³-hybridized carbons (Fsp3) is 0.500. The lowest BCUT2D eigenvalue weighted by atomic mass is 10.2. The second kappa shape index (κ2) is 7.00. The van der Waals surface area contributed by atoms with Crippen molar-refractivity contribution in [2.24, 2.45) is 0 Å². The average molecular weight is 317 g/mol. The van der Waals surface area contributed by atoms with Crippen molar-refractivity contribution < 1.29 is 22.3 Å². The van der Waals surface area contributed by atoms with Crippen molar-refractivity contribution >= 4 is 16.0 Å². The fourth-order valence-electron chi connectivity index (χ4n) is 2.14. The molecule has 5 nitrogen and oxygen atoms in total. The quantitative estimate of drug-likeness (QED) is 0.756. The lowest BCUT2D eigenvalue weighted by Crippen LogP contribution is -2.37. The first-order chi connectivity index (χ1) is 9.79. The van der Waals surface area contributed by atoms with Gasteiger partial charge in [-0.1, -0.05) is 13.8 Å². The summed E-state index contributed by atoms with van der Waals surface area (Å²) in [6, 6.07) is 2.78. The zero-order chi connectivity index (χ0) is 16.2. The van der Waals surface area contributed by atoms with Gasteiger partial charge in [0.2, 0.25) is 10.0 Å². The number of carbonyl (C=O) groups excluding carboxylic acids is 1. The molecule has 118 valence electrons. The molecule has 0 aliphatic carbocycles. The summed E-state index contributed by atoms with van der Waals surface area (Å²) in [7, 11) is -1.40. The van der Waals surface area contributed by atoms with E-state index in [1.807, 2.05) is 13.8 Å². The molecule has 0 radical (unpaired) electrons. The highest BCUT2D eigenvalue weighted by Crippen LogP contribution is 2.24. The predicted molar refractivity (Wildman–Crippen MR) is 77.1 cm³/mol.